The normalized spacial score (nSPS) is 13.0. The number of nitrogens with one attached hydrogen (secondary N) is 3. The lowest BCUT2D eigenvalue weighted by molar-refractivity contribution is 0.0491. The van der Waals surface area contributed by atoms with Crippen LogP contribution in [0.5, 0.6) is 0 Å². The summed E-state index contributed by atoms with van der Waals surface area (Å²) >= 11 is 0. The van der Waals surface area contributed by atoms with Crippen molar-refractivity contribution in [3.05, 3.63) is 12.7 Å². The van der Waals surface area contributed by atoms with Gasteiger partial charge in [0.05, 0.1) is 6.04 Å². The van der Waals surface area contributed by atoms with Gasteiger partial charge in [0.25, 0.3) is 0 Å². The average Bonchev–Trinajstić information content (AvgIpc) is 2.35. The van der Waals surface area contributed by atoms with E-state index < -0.39 is 11.7 Å². The number of amides is 1. The monoisotopic (exact) mass is 426 g/mol. The summed E-state index contributed by atoms with van der Waals surface area (Å²) in [5.41, 5.74) is -0.499. The predicted octanol–water partition coefficient (Wildman–Crippen LogP) is 2.50. The van der Waals surface area contributed by atoms with Crippen LogP contribution in [0.4, 0.5) is 4.79 Å². The zero-order valence-corrected chi connectivity index (χ0v) is 16.9. The van der Waals surface area contributed by atoms with Crippen LogP contribution in [0.1, 0.15) is 34.6 Å². The number of halogens is 1. The van der Waals surface area contributed by atoms with E-state index in [4.69, 9.17) is 4.74 Å². The van der Waals surface area contributed by atoms with Crippen molar-refractivity contribution < 1.29 is 9.53 Å². The van der Waals surface area contributed by atoms with Crippen molar-refractivity contribution >= 4 is 36.0 Å². The molecule has 7 heteroatoms. The van der Waals surface area contributed by atoms with Gasteiger partial charge in [0.1, 0.15) is 5.60 Å². The number of aliphatic imine (C=N–C) groups is 1. The molecule has 1 unspecified atom stereocenters. The highest BCUT2D eigenvalue weighted by Crippen LogP contribution is 2.08. The third-order valence-electron chi connectivity index (χ3n) is 2.63. The molecule has 0 aromatic carbocycles. The first kappa shape index (κ1) is 23.3. The first-order chi connectivity index (χ1) is 9.69. The Labute approximate surface area is 151 Å². The number of guanidine groups is 1. The van der Waals surface area contributed by atoms with Crippen LogP contribution >= 0.6 is 24.0 Å². The summed E-state index contributed by atoms with van der Waals surface area (Å²) in [6, 6.07) is -0.0536. The number of carbonyl (C=O) groups is 1. The van der Waals surface area contributed by atoms with Gasteiger partial charge < -0.3 is 20.7 Å². The van der Waals surface area contributed by atoms with E-state index in [9.17, 15) is 4.79 Å². The number of hydrogen-bond donors (Lipinski definition) is 3. The highest BCUT2D eigenvalue weighted by atomic mass is 127. The SMILES string of the molecule is C=CCNC(=NC)NCC(NC(=O)OC(C)(C)C)C(C)C.I. The third kappa shape index (κ3) is 11.6. The van der Waals surface area contributed by atoms with E-state index in [1.807, 2.05) is 34.6 Å². The lowest BCUT2D eigenvalue weighted by Crippen LogP contribution is -2.50. The Bertz CT molecular complexity index is 365. The fourth-order valence-electron chi connectivity index (χ4n) is 1.51. The second-order valence-electron chi connectivity index (χ2n) is 6.12. The zero-order chi connectivity index (χ0) is 16.5. The molecule has 0 aromatic rings. The summed E-state index contributed by atoms with van der Waals surface area (Å²) < 4.78 is 5.28. The second kappa shape index (κ2) is 11.6. The van der Waals surface area contributed by atoms with E-state index in [-0.39, 0.29) is 35.9 Å². The van der Waals surface area contributed by atoms with Crippen LogP contribution in [-0.4, -0.2) is 43.8 Å². The van der Waals surface area contributed by atoms with Crippen LogP contribution < -0.4 is 16.0 Å². The van der Waals surface area contributed by atoms with Crippen LogP contribution in [0.3, 0.4) is 0 Å². The molecule has 3 N–H and O–H groups in total. The molecule has 0 fully saturated rings. The summed E-state index contributed by atoms with van der Waals surface area (Å²) in [4.78, 5) is 15.9. The molecule has 0 heterocycles. The van der Waals surface area contributed by atoms with Crippen molar-refractivity contribution in [2.24, 2.45) is 10.9 Å². The molecule has 0 bridgehead atoms. The molecule has 22 heavy (non-hydrogen) atoms. The maximum Gasteiger partial charge on any atom is 0.407 e. The van der Waals surface area contributed by atoms with Crippen molar-refractivity contribution in [1.29, 1.82) is 0 Å². The van der Waals surface area contributed by atoms with Crippen molar-refractivity contribution in [3.8, 4) is 0 Å². The standard InChI is InChI=1S/C15H30N4O2.HI/c1-8-9-17-13(16-7)18-10-12(11(2)3)19-14(20)21-15(4,5)6;/h8,11-12H,1,9-10H2,2-7H3,(H,19,20)(H2,16,17,18);1H. The van der Waals surface area contributed by atoms with Gasteiger partial charge in [-0.25, -0.2) is 4.79 Å². The van der Waals surface area contributed by atoms with Crippen LogP contribution in [-0.2, 0) is 4.74 Å². The second-order valence-corrected chi connectivity index (χ2v) is 6.12. The molecule has 0 rings (SSSR count). The van der Waals surface area contributed by atoms with Gasteiger partial charge in [-0.15, -0.1) is 30.6 Å². The van der Waals surface area contributed by atoms with Crippen molar-refractivity contribution in [3.63, 3.8) is 0 Å². The fraction of sp³-hybridized carbons (Fsp3) is 0.733. The van der Waals surface area contributed by atoms with E-state index in [1.165, 1.54) is 0 Å². The van der Waals surface area contributed by atoms with Crippen molar-refractivity contribution in [2.45, 2.75) is 46.3 Å². The van der Waals surface area contributed by atoms with E-state index in [2.05, 4.69) is 27.5 Å². The largest absolute Gasteiger partial charge is 0.444 e. The maximum atomic E-state index is 11.8. The Hall–Kier alpha value is -0.990. The molecule has 1 atom stereocenters. The molecule has 0 radical (unpaired) electrons. The van der Waals surface area contributed by atoms with Gasteiger partial charge in [0.15, 0.2) is 5.96 Å². The molecular weight excluding hydrogens is 395 g/mol. The summed E-state index contributed by atoms with van der Waals surface area (Å²) in [6.07, 6.45) is 1.35. The van der Waals surface area contributed by atoms with Crippen molar-refractivity contribution in [1.82, 2.24) is 16.0 Å². The van der Waals surface area contributed by atoms with E-state index in [1.54, 1.807) is 13.1 Å². The molecule has 0 saturated heterocycles. The number of alkyl carbamates (subject to hydrolysis) is 1. The highest BCUT2D eigenvalue weighted by Gasteiger charge is 2.21. The predicted molar refractivity (Wildman–Crippen MR) is 103 cm³/mol. The first-order valence-corrected chi connectivity index (χ1v) is 7.24. The Kier molecular flexibility index (Phi) is 12.2. The van der Waals surface area contributed by atoms with E-state index in [0.29, 0.717) is 19.0 Å². The Morgan fingerprint density at radius 1 is 1.32 bits per heavy atom. The van der Waals surface area contributed by atoms with Crippen LogP contribution in [0.2, 0.25) is 0 Å². The molecule has 1 amide bonds. The minimum Gasteiger partial charge on any atom is -0.444 e. The number of rotatable bonds is 6. The summed E-state index contributed by atoms with van der Waals surface area (Å²) in [7, 11) is 1.70. The molecule has 0 spiro atoms. The number of ether oxygens (including phenoxy) is 1. The highest BCUT2D eigenvalue weighted by molar-refractivity contribution is 14.0. The van der Waals surface area contributed by atoms with Crippen molar-refractivity contribution in [2.75, 3.05) is 20.1 Å². The van der Waals surface area contributed by atoms with Gasteiger partial charge in [-0.2, -0.15) is 0 Å². The van der Waals surface area contributed by atoms with Gasteiger partial charge >= 0.3 is 6.09 Å². The topological polar surface area (TPSA) is 74.8 Å². The number of hydrogen-bond acceptors (Lipinski definition) is 3. The molecular formula is C15H31IN4O2. The molecule has 130 valence electrons. The summed E-state index contributed by atoms with van der Waals surface area (Å²) in [5.74, 6) is 0.939. The summed E-state index contributed by atoms with van der Waals surface area (Å²) in [5, 5.41) is 9.14. The Balaban J connectivity index is 0. The molecule has 0 saturated carbocycles. The van der Waals surface area contributed by atoms with Gasteiger partial charge in [0.2, 0.25) is 0 Å². The zero-order valence-electron chi connectivity index (χ0n) is 14.5. The lowest BCUT2D eigenvalue weighted by atomic mass is 10.0. The molecule has 0 aliphatic rings. The third-order valence-corrected chi connectivity index (χ3v) is 2.63. The fourth-order valence-corrected chi connectivity index (χ4v) is 1.51. The van der Waals surface area contributed by atoms with Gasteiger partial charge in [-0.3, -0.25) is 4.99 Å². The minimum atomic E-state index is -0.499. The minimum absolute atomic E-state index is 0. The molecule has 0 aliphatic heterocycles. The maximum absolute atomic E-state index is 11.8. The van der Waals surface area contributed by atoms with Gasteiger partial charge in [-0.05, 0) is 26.7 Å². The molecule has 0 aromatic heterocycles. The van der Waals surface area contributed by atoms with Crippen LogP contribution in [0, 0.1) is 5.92 Å². The number of carbonyl (C=O) groups excluding carboxylic acids is 1. The molecule has 0 aliphatic carbocycles. The quantitative estimate of drug-likeness (QED) is 0.264. The van der Waals surface area contributed by atoms with Gasteiger partial charge in [-0.1, -0.05) is 19.9 Å². The average molecular weight is 426 g/mol. The lowest BCUT2D eigenvalue weighted by Gasteiger charge is -2.26. The first-order valence-electron chi connectivity index (χ1n) is 7.24. The molecule has 6 nitrogen and oxygen atoms in total. The summed E-state index contributed by atoms with van der Waals surface area (Å²) in [6.45, 7) is 14.5. The van der Waals surface area contributed by atoms with Crippen LogP contribution in [0.25, 0.3) is 0 Å². The Morgan fingerprint density at radius 2 is 1.91 bits per heavy atom. The Morgan fingerprint density at radius 3 is 2.32 bits per heavy atom. The van der Waals surface area contributed by atoms with Gasteiger partial charge in [0, 0.05) is 20.1 Å². The van der Waals surface area contributed by atoms with E-state index >= 15 is 0 Å². The smallest absolute Gasteiger partial charge is 0.407 e. The number of nitrogens with zero attached hydrogens (tertiary/aromatic N) is 1. The van der Waals surface area contributed by atoms with E-state index in [0.717, 1.165) is 0 Å². The van der Waals surface area contributed by atoms with Crippen LogP contribution in [0.15, 0.2) is 17.6 Å².